The molecule has 1 aromatic heterocycles. The van der Waals surface area contributed by atoms with E-state index in [1.54, 1.807) is 5.51 Å². The van der Waals surface area contributed by atoms with Crippen molar-refractivity contribution in [3.63, 3.8) is 0 Å². The molecule has 2 aromatic rings. The molecule has 14 heavy (non-hydrogen) atoms. The Labute approximate surface area is 93.9 Å². The van der Waals surface area contributed by atoms with Crippen LogP contribution in [-0.2, 0) is 0 Å². The second-order valence-electron chi connectivity index (χ2n) is 2.72. The van der Waals surface area contributed by atoms with Crippen molar-refractivity contribution in [2.75, 3.05) is 0 Å². The van der Waals surface area contributed by atoms with Gasteiger partial charge in [-0.05, 0) is 24.6 Å². The molecule has 0 aliphatic rings. The van der Waals surface area contributed by atoms with Gasteiger partial charge in [-0.15, -0.1) is 5.10 Å². The fourth-order valence-corrected chi connectivity index (χ4v) is 1.74. The highest BCUT2D eigenvalue weighted by molar-refractivity contribution is 9.10. The van der Waals surface area contributed by atoms with Crippen LogP contribution in [0.1, 0.15) is 5.56 Å². The summed E-state index contributed by atoms with van der Waals surface area (Å²) in [6.07, 6.45) is 0. The maximum atomic E-state index is 5.54. The van der Waals surface area contributed by atoms with E-state index in [0.29, 0.717) is 5.19 Å². The van der Waals surface area contributed by atoms with Crippen LogP contribution >= 0.6 is 27.3 Å². The highest BCUT2D eigenvalue weighted by Gasteiger charge is 2.04. The van der Waals surface area contributed by atoms with Crippen molar-refractivity contribution in [1.29, 1.82) is 0 Å². The Morgan fingerprint density at radius 3 is 3.00 bits per heavy atom. The van der Waals surface area contributed by atoms with Gasteiger partial charge in [0, 0.05) is 4.47 Å². The maximum Gasteiger partial charge on any atom is 0.299 e. The molecule has 3 nitrogen and oxygen atoms in total. The summed E-state index contributed by atoms with van der Waals surface area (Å²) >= 11 is 4.76. The molecule has 0 unspecified atom stereocenters. The largest absolute Gasteiger partial charge is 0.429 e. The second kappa shape index (κ2) is 4.06. The van der Waals surface area contributed by atoms with Gasteiger partial charge in [0.1, 0.15) is 11.3 Å². The predicted octanol–water partition coefficient (Wildman–Crippen LogP) is 3.40. The summed E-state index contributed by atoms with van der Waals surface area (Å²) in [4.78, 5) is 0. The lowest BCUT2D eigenvalue weighted by Gasteiger charge is -2.04. The third kappa shape index (κ3) is 2.10. The third-order valence-electron chi connectivity index (χ3n) is 1.69. The molecule has 0 N–H and O–H groups in total. The van der Waals surface area contributed by atoms with Crippen molar-refractivity contribution in [1.82, 2.24) is 10.2 Å². The normalized spacial score (nSPS) is 10.1. The van der Waals surface area contributed by atoms with E-state index in [2.05, 4.69) is 26.1 Å². The zero-order valence-corrected chi connectivity index (χ0v) is 9.80. The molecule has 0 saturated carbocycles. The van der Waals surface area contributed by atoms with Crippen LogP contribution in [0, 0.1) is 6.92 Å². The molecule has 0 radical (unpaired) electrons. The molecule has 1 aromatic carbocycles. The van der Waals surface area contributed by atoms with E-state index >= 15 is 0 Å². The van der Waals surface area contributed by atoms with E-state index in [1.165, 1.54) is 11.3 Å². The van der Waals surface area contributed by atoms with Gasteiger partial charge in [-0.2, -0.15) is 0 Å². The van der Waals surface area contributed by atoms with E-state index in [1.807, 2.05) is 25.1 Å². The van der Waals surface area contributed by atoms with E-state index in [-0.39, 0.29) is 0 Å². The number of nitrogens with zero attached hydrogens (tertiary/aromatic N) is 2. The van der Waals surface area contributed by atoms with Crippen LogP contribution in [0.4, 0.5) is 0 Å². The van der Waals surface area contributed by atoms with Crippen molar-refractivity contribution >= 4 is 27.3 Å². The first-order valence-corrected chi connectivity index (χ1v) is 5.63. The Bertz CT molecular complexity index is 430. The van der Waals surface area contributed by atoms with Gasteiger partial charge >= 0.3 is 0 Å². The molecular formula is C9H7BrN2OS. The van der Waals surface area contributed by atoms with Crippen LogP contribution in [0.2, 0.25) is 0 Å². The summed E-state index contributed by atoms with van der Waals surface area (Å²) in [5.41, 5.74) is 2.71. The number of hydrogen-bond donors (Lipinski definition) is 0. The Hall–Kier alpha value is -0.940. The Morgan fingerprint density at radius 2 is 2.29 bits per heavy atom. The molecule has 0 amide bonds. The lowest BCUT2D eigenvalue weighted by atomic mass is 10.2. The molecule has 0 atom stereocenters. The van der Waals surface area contributed by atoms with Gasteiger partial charge in [0.15, 0.2) is 0 Å². The monoisotopic (exact) mass is 270 g/mol. The van der Waals surface area contributed by atoms with Gasteiger partial charge in [0.25, 0.3) is 5.19 Å². The van der Waals surface area contributed by atoms with E-state index in [4.69, 9.17) is 4.74 Å². The minimum atomic E-state index is 0.561. The first kappa shape index (κ1) is 9.61. The van der Waals surface area contributed by atoms with Gasteiger partial charge in [-0.25, -0.2) is 0 Å². The average molecular weight is 271 g/mol. The van der Waals surface area contributed by atoms with Gasteiger partial charge in [-0.1, -0.05) is 38.4 Å². The molecule has 1 heterocycles. The smallest absolute Gasteiger partial charge is 0.299 e. The molecule has 0 aliphatic carbocycles. The lowest BCUT2D eigenvalue weighted by Crippen LogP contribution is -1.86. The SMILES string of the molecule is Cc1ccc(Br)cc1Oc1nncs1. The number of aromatic nitrogens is 2. The molecule has 72 valence electrons. The fourth-order valence-electron chi connectivity index (χ4n) is 0.985. The number of aryl methyl sites for hydroxylation is 1. The van der Waals surface area contributed by atoms with Crippen LogP contribution in [-0.4, -0.2) is 10.2 Å². The van der Waals surface area contributed by atoms with Crippen molar-refractivity contribution in [2.24, 2.45) is 0 Å². The number of halogens is 1. The molecule has 0 aliphatic heterocycles. The average Bonchev–Trinajstić information content (AvgIpc) is 2.64. The van der Waals surface area contributed by atoms with Gasteiger partial charge in [0.05, 0.1) is 0 Å². The Balaban J connectivity index is 2.28. The zero-order valence-electron chi connectivity index (χ0n) is 7.40. The van der Waals surface area contributed by atoms with Crippen LogP contribution < -0.4 is 4.74 Å². The summed E-state index contributed by atoms with van der Waals surface area (Å²) in [6.45, 7) is 1.99. The third-order valence-corrected chi connectivity index (χ3v) is 2.75. The van der Waals surface area contributed by atoms with Crippen LogP contribution in [0.5, 0.6) is 10.9 Å². The summed E-state index contributed by atoms with van der Waals surface area (Å²) in [6, 6.07) is 5.87. The minimum absolute atomic E-state index is 0.561. The fraction of sp³-hybridized carbons (Fsp3) is 0.111. The maximum absolute atomic E-state index is 5.54. The van der Waals surface area contributed by atoms with Crippen LogP contribution in [0.25, 0.3) is 0 Å². The second-order valence-corrected chi connectivity index (χ2v) is 4.43. The number of benzene rings is 1. The highest BCUT2D eigenvalue weighted by Crippen LogP contribution is 2.28. The first-order chi connectivity index (χ1) is 6.75. The number of hydrogen-bond acceptors (Lipinski definition) is 4. The summed E-state index contributed by atoms with van der Waals surface area (Å²) in [5, 5.41) is 8.08. The van der Waals surface area contributed by atoms with Gasteiger partial charge in [-0.3, -0.25) is 0 Å². The zero-order chi connectivity index (χ0) is 9.97. The van der Waals surface area contributed by atoms with Crippen molar-refractivity contribution < 1.29 is 4.74 Å². The summed E-state index contributed by atoms with van der Waals surface area (Å²) < 4.78 is 6.53. The quantitative estimate of drug-likeness (QED) is 0.839. The Morgan fingerprint density at radius 1 is 1.43 bits per heavy atom. The van der Waals surface area contributed by atoms with Crippen molar-refractivity contribution in [2.45, 2.75) is 6.92 Å². The van der Waals surface area contributed by atoms with E-state index in [0.717, 1.165) is 15.8 Å². The first-order valence-electron chi connectivity index (χ1n) is 3.96. The summed E-state index contributed by atoms with van der Waals surface area (Å²) in [5.74, 6) is 0.802. The van der Waals surface area contributed by atoms with Crippen LogP contribution in [0.15, 0.2) is 28.2 Å². The van der Waals surface area contributed by atoms with Crippen molar-refractivity contribution in [3.8, 4) is 10.9 Å². The minimum Gasteiger partial charge on any atom is -0.429 e. The molecular weight excluding hydrogens is 264 g/mol. The molecule has 0 fully saturated rings. The van der Waals surface area contributed by atoms with E-state index in [9.17, 15) is 0 Å². The molecule has 5 heteroatoms. The molecule has 0 saturated heterocycles. The lowest BCUT2D eigenvalue weighted by molar-refractivity contribution is 0.469. The number of ether oxygens (including phenoxy) is 1. The summed E-state index contributed by atoms with van der Waals surface area (Å²) in [7, 11) is 0. The number of rotatable bonds is 2. The standard InChI is InChI=1S/C9H7BrN2OS/c1-6-2-3-7(10)4-8(6)13-9-12-11-5-14-9/h2-5H,1H3. The predicted molar refractivity (Wildman–Crippen MR) is 58.9 cm³/mol. The van der Waals surface area contributed by atoms with Gasteiger partial charge in [0.2, 0.25) is 0 Å². The van der Waals surface area contributed by atoms with E-state index < -0.39 is 0 Å². The molecule has 0 spiro atoms. The highest BCUT2D eigenvalue weighted by atomic mass is 79.9. The van der Waals surface area contributed by atoms with Crippen LogP contribution in [0.3, 0.4) is 0 Å². The topological polar surface area (TPSA) is 35.0 Å². The van der Waals surface area contributed by atoms with Crippen molar-refractivity contribution in [3.05, 3.63) is 33.7 Å². The van der Waals surface area contributed by atoms with Gasteiger partial charge < -0.3 is 4.74 Å². The Kier molecular flexibility index (Phi) is 2.79. The molecule has 2 rings (SSSR count). The molecule has 0 bridgehead atoms.